The third-order valence-corrected chi connectivity index (χ3v) is 1.79. The summed E-state index contributed by atoms with van der Waals surface area (Å²) in [6.45, 7) is 2.90. The quantitative estimate of drug-likeness (QED) is 0.502. The van der Waals surface area contributed by atoms with Crippen molar-refractivity contribution < 1.29 is 0 Å². The molecule has 2 heteroatoms. The van der Waals surface area contributed by atoms with Gasteiger partial charge in [-0.15, -0.1) is 0 Å². The van der Waals surface area contributed by atoms with Gasteiger partial charge in [0.15, 0.2) is 0 Å². The number of hydrogen-bond acceptors (Lipinski definition) is 2. The number of benzene rings is 1. The van der Waals surface area contributed by atoms with Crippen LogP contribution in [-0.4, -0.2) is 0 Å². The van der Waals surface area contributed by atoms with Gasteiger partial charge >= 0.3 is 0 Å². The fourth-order valence-corrected chi connectivity index (χ4v) is 1.18. The summed E-state index contributed by atoms with van der Waals surface area (Å²) in [6.07, 6.45) is 1.07. The number of rotatable bonds is 3. The van der Waals surface area contributed by atoms with Gasteiger partial charge in [-0.1, -0.05) is 31.2 Å². The van der Waals surface area contributed by atoms with Crippen LogP contribution in [0.5, 0.6) is 0 Å². The topological polar surface area (TPSA) is 38.0 Å². The third kappa shape index (κ3) is 2.03. The Kier molecular flexibility index (Phi) is 3.08. The molecule has 0 bridgehead atoms. The van der Waals surface area contributed by atoms with E-state index < -0.39 is 0 Å². The van der Waals surface area contributed by atoms with Gasteiger partial charge in [0.2, 0.25) is 0 Å². The van der Waals surface area contributed by atoms with Crippen LogP contribution in [-0.2, 0) is 13.0 Å². The predicted octanol–water partition coefficient (Wildman–Crippen LogP) is 1.21. The van der Waals surface area contributed by atoms with Crippen molar-refractivity contribution >= 4 is 0 Å². The second-order valence-electron chi connectivity index (χ2n) is 2.50. The van der Waals surface area contributed by atoms with Gasteiger partial charge in [-0.05, 0) is 17.5 Å². The van der Waals surface area contributed by atoms with Crippen molar-refractivity contribution in [1.29, 1.82) is 0 Å². The summed E-state index contributed by atoms with van der Waals surface area (Å²) in [7, 11) is 0. The fraction of sp³-hybridized carbons (Fsp3) is 0.333. The number of nitrogens with one attached hydrogen (secondary N) is 1. The van der Waals surface area contributed by atoms with Gasteiger partial charge < -0.3 is 0 Å². The largest absolute Gasteiger partial charge is 0.271 e. The molecular weight excluding hydrogens is 136 g/mol. The first-order valence-corrected chi connectivity index (χ1v) is 3.88. The SMILES string of the molecule is CCc1ccccc1CNN. The first kappa shape index (κ1) is 8.24. The van der Waals surface area contributed by atoms with Crippen molar-refractivity contribution in [3.8, 4) is 0 Å². The van der Waals surface area contributed by atoms with Crippen LogP contribution in [0.4, 0.5) is 0 Å². The zero-order valence-corrected chi connectivity index (χ0v) is 6.80. The Bertz CT molecular complexity index is 221. The van der Waals surface area contributed by atoms with Crippen molar-refractivity contribution in [2.45, 2.75) is 19.9 Å². The van der Waals surface area contributed by atoms with E-state index in [9.17, 15) is 0 Å². The molecule has 0 atom stereocenters. The van der Waals surface area contributed by atoms with E-state index in [0.29, 0.717) is 0 Å². The summed E-state index contributed by atoms with van der Waals surface area (Å²) >= 11 is 0. The average Bonchev–Trinajstić information content (AvgIpc) is 2.06. The van der Waals surface area contributed by atoms with E-state index >= 15 is 0 Å². The summed E-state index contributed by atoms with van der Waals surface area (Å²) in [6, 6.07) is 8.32. The van der Waals surface area contributed by atoms with Crippen LogP contribution in [0.2, 0.25) is 0 Å². The highest BCUT2D eigenvalue weighted by Crippen LogP contribution is 2.07. The van der Waals surface area contributed by atoms with Crippen LogP contribution >= 0.6 is 0 Å². The minimum atomic E-state index is 0.754. The maximum absolute atomic E-state index is 5.23. The van der Waals surface area contributed by atoms with Gasteiger partial charge in [0.05, 0.1) is 0 Å². The minimum absolute atomic E-state index is 0.754. The minimum Gasteiger partial charge on any atom is -0.271 e. The highest BCUT2D eigenvalue weighted by Gasteiger charge is 1.96. The Morgan fingerprint density at radius 2 is 1.91 bits per heavy atom. The molecule has 0 aromatic heterocycles. The summed E-state index contributed by atoms with van der Waals surface area (Å²) in [5.74, 6) is 5.23. The molecule has 0 radical (unpaired) electrons. The van der Waals surface area contributed by atoms with Crippen molar-refractivity contribution in [2.75, 3.05) is 0 Å². The zero-order chi connectivity index (χ0) is 8.10. The van der Waals surface area contributed by atoms with Crippen LogP contribution in [0.3, 0.4) is 0 Å². The molecule has 0 heterocycles. The lowest BCUT2D eigenvalue weighted by Gasteiger charge is -2.05. The number of hydrazine groups is 1. The molecule has 11 heavy (non-hydrogen) atoms. The standard InChI is InChI=1S/C9H14N2/c1-2-8-5-3-4-6-9(8)7-11-10/h3-6,11H,2,7,10H2,1H3. The molecule has 2 nitrogen and oxygen atoms in total. The Morgan fingerprint density at radius 3 is 2.45 bits per heavy atom. The molecule has 0 aliphatic rings. The molecular formula is C9H14N2. The lowest BCUT2D eigenvalue weighted by atomic mass is 10.1. The van der Waals surface area contributed by atoms with Gasteiger partial charge in [-0.2, -0.15) is 0 Å². The van der Waals surface area contributed by atoms with Crippen LogP contribution in [0, 0.1) is 0 Å². The van der Waals surface area contributed by atoms with E-state index in [4.69, 9.17) is 5.84 Å². The molecule has 0 spiro atoms. The first-order chi connectivity index (χ1) is 5.38. The number of aryl methyl sites for hydroxylation is 1. The Labute approximate surface area is 67.4 Å². The zero-order valence-electron chi connectivity index (χ0n) is 6.80. The van der Waals surface area contributed by atoms with E-state index in [-0.39, 0.29) is 0 Å². The molecule has 0 saturated carbocycles. The maximum atomic E-state index is 5.23. The Hall–Kier alpha value is -0.860. The lowest BCUT2D eigenvalue weighted by Crippen LogP contribution is -2.21. The molecule has 1 aromatic rings. The monoisotopic (exact) mass is 150 g/mol. The van der Waals surface area contributed by atoms with E-state index in [1.165, 1.54) is 11.1 Å². The van der Waals surface area contributed by atoms with Crippen molar-refractivity contribution in [3.05, 3.63) is 35.4 Å². The molecule has 0 aliphatic carbocycles. The summed E-state index contributed by atoms with van der Waals surface area (Å²) in [4.78, 5) is 0. The highest BCUT2D eigenvalue weighted by atomic mass is 15.2. The second-order valence-corrected chi connectivity index (χ2v) is 2.50. The van der Waals surface area contributed by atoms with E-state index in [1.807, 2.05) is 6.07 Å². The van der Waals surface area contributed by atoms with Gasteiger partial charge in [0.25, 0.3) is 0 Å². The molecule has 0 amide bonds. The van der Waals surface area contributed by atoms with Gasteiger partial charge in [-0.25, -0.2) is 0 Å². The smallest absolute Gasteiger partial charge is 0.0351 e. The van der Waals surface area contributed by atoms with Gasteiger partial charge in [-0.3, -0.25) is 11.3 Å². The molecule has 0 fully saturated rings. The molecule has 0 aliphatic heterocycles. The predicted molar refractivity (Wildman–Crippen MR) is 46.8 cm³/mol. The average molecular weight is 150 g/mol. The first-order valence-electron chi connectivity index (χ1n) is 3.88. The van der Waals surface area contributed by atoms with E-state index in [1.54, 1.807) is 0 Å². The Balaban J connectivity index is 2.83. The van der Waals surface area contributed by atoms with Crippen LogP contribution in [0.15, 0.2) is 24.3 Å². The number of nitrogens with two attached hydrogens (primary N) is 1. The van der Waals surface area contributed by atoms with Crippen LogP contribution in [0.25, 0.3) is 0 Å². The van der Waals surface area contributed by atoms with Crippen molar-refractivity contribution in [3.63, 3.8) is 0 Å². The third-order valence-electron chi connectivity index (χ3n) is 1.79. The molecule has 60 valence electrons. The van der Waals surface area contributed by atoms with E-state index in [0.717, 1.165) is 13.0 Å². The summed E-state index contributed by atoms with van der Waals surface area (Å²) in [5.41, 5.74) is 5.31. The highest BCUT2D eigenvalue weighted by molar-refractivity contribution is 5.26. The molecule has 1 aromatic carbocycles. The Morgan fingerprint density at radius 1 is 1.27 bits per heavy atom. The normalized spacial score (nSPS) is 10.0. The second kappa shape index (κ2) is 4.11. The maximum Gasteiger partial charge on any atom is 0.0351 e. The number of hydrogen-bond donors (Lipinski definition) is 2. The van der Waals surface area contributed by atoms with Gasteiger partial charge in [0.1, 0.15) is 0 Å². The lowest BCUT2D eigenvalue weighted by molar-refractivity contribution is 0.734. The fourth-order valence-electron chi connectivity index (χ4n) is 1.18. The summed E-state index contributed by atoms with van der Waals surface area (Å²) in [5, 5.41) is 0. The van der Waals surface area contributed by atoms with Crippen LogP contribution in [0.1, 0.15) is 18.1 Å². The van der Waals surface area contributed by atoms with E-state index in [2.05, 4.69) is 30.5 Å². The molecule has 3 N–H and O–H groups in total. The van der Waals surface area contributed by atoms with Crippen molar-refractivity contribution in [1.82, 2.24) is 5.43 Å². The molecule has 1 rings (SSSR count). The van der Waals surface area contributed by atoms with Gasteiger partial charge in [0, 0.05) is 6.54 Å². The molecule has 0 unspecified atom stereocenters. The van der Waals surface area contributed by atoms with Crippen molar-refractivity contribution in [2.24, 2.45) is 5.84 Å². The molecule has 0 saturated heterocycles. The van der Waals surface area contributed by atoms with Crippen LogP contribution < -0.4 is 11.3 Å². The summed E-state index contributed by atoms with van der Waals surface area (Å²) < 4.78 is 0.